The normalized spacial score (nSPS) is 11.0. The highest BCUT2D eigenvalue weighted by atomic mass is 19.1. The minimum Gasteiger partial charge on any atom is -0.492 e. The molecule has 36 heavy (non-hydrogen) atoms. The summed E-state index contributed by atoms with van der Waals surface area (Å²) in [4.78, 5) is 26.4. The predicted molar refractivity (Wildman–Crippen MR) is 133 cm³/mol. The summed E-state index contributed by atoms with van der Waals surface area (Å²) in [5.74, 6) is -0.811. The number of esters is 1. The van der Waals surface area contributed by atoms with Crippen molar-refractivity contribution in [1.82, 2.24) is 9.78 Å². The first-order chi connectivity index (χ1) is 17.0. The molecule has 0 fully saturated rings. The van der Waals surface area contributed by atoms with Crippen molar-refractivity contribution in [2.24, 2.45) is 5.41 Å². The van der Waals surface area contributed by atoms with Gasteiger partial charge in [-0.3, -0.25) is 9.59 Å². The van der Waals surface area contributed by atoms with Crippen molar-refractivity contribution in [2.45, 2.75) is 34.6 Å². The van der Waals surface area contributed by atoms with Crippen LogP contribution in [0.3, 0.4) is 0 Å². The first kappa shape index (κ1) is 26.4. The Kier molecular flexibility index (Phi) is 8.10. The molecular formula is C27H29FN4O4. The van der Waals surface area contributed by atoms with Crippen LogP contribution in [0.5, 0.6) is 5.75 Å². The lowest BCUT2D eigenvalue weighted by Crippen LogP contribution is -2.34. The van der Waals surface area contributed by atoms with Crippen molar-refractivity contribution in [1.29, 1.82) is 5.26 Å². The van der Waals surface area contributed by atoms with E-state index in [2.05, 4.69) is 11.2 Å². The second-order valence-corrected chi connectivity index (χ2v) is 9.49. The summed E-state index contributed by atoms with van der Waals surface area (Å²) in [5, 5.41) is 14.1. The highest BCUT2D eigenvalue weighted by molar-refractivity contribution is 6.07. The zero-order valence-electron chi connectivity index (χ0n) is 21.0. The monoisotopic (exact) mass is 492 g/mol. The number of aromatic nitrogens is 2. The lowest BCUT2D eigenvalue weighted by atomic mass is 9.98. The number of rotatable bonds is 8. The number of hydrogen-bond donors (Lipinski definition) is 0. The van der Waals surface area contributed by atoms with Crippen molar-refractivity contribution < 1.29 is 23.5 Å². The van der Waals surface area contributed by atoms with Crippen LogP contribution in [0.4, 0.5) is 10.1 Å². The summed E-state index contributed by atoms with van der Waals surface area (Å²) in [6.45, 7) is 9.51. The van der Waals surface area contributed by atoms with Gasteiger partial charge in [0.25, 0.3) is 5.91 Å². The second kappa shape index (κ2) is 11.0. The van der Waals surface area contributed by atoms with Crippen LogP contribution in [-0.4, -0.2) is 41.4 Å². The van der Waals surface area contributed by atoms with Gasteiger partial charge in [-0.1, -0.05) is 20.8 Å². The molecule has 1 aromatic heterocycles. The SMILES string of the molecule is CC(=O)OCCN(C(=O)c1cn(-c2ccc(F)cc2)nc1C)c1ccc(OCC(C)(C)C)c(C#N)c1. The zero-order chi connectivity index (χ0) is 26.5. The highest BCUT2D eigenvalue weighted by Gasteiger charge is 2.24. The van der Waals surface area contributed by atoms with Gasteiger partial charge in [0.05, 0.1) is 35.7 Å². The molecule has 0 N–H and O–H groups in total. The molecule has 1 heterocycles. The number of hydrogen-bond acceptors (Lipinski definition) is 6. The number of anilines is 1. The number of carbonyl (C=O) groups is 2. The van der Waals surface area contributed by atoms with Gasteiger partial charge in [0.2, 0.25) is 0 Å². The molecule has 0 aliphatic rings. The summed E-state index contributed by atoms with van der Waals surface area (Å²) in [6, 6.07) is 12.8. The van der Waals surface area contributed by atoms with Crippen molar-refractivity contribution >= 4 is 17.6 Å². The van der Waals surface area contributed by atoms with E-state index >= 15 is 0 Å². The standard InChI is InChI=1S/C27H29FN4O4/c1-18-24(16-32(30-18)22-8-6-21(28)7-9-22)26(34)31(12-13-35-19(2)33)23-10-11-25(20(14-23)15-29)36-17-27(3,4)5/h6-11,14,16H,12-13,17H2,1-5H3. The highest BCUT2D eigenvalue weighted by Crippen LogP contribution is 2.28. The van der Waals surface area contributed by atoms with Crippen molar-refractivity contribution in [3.05, 3.63) is 71.3 Å². The maximum absolute atomic E-state index is 13.6. The van der Waals surface area contributed by atoms with Gasteiger partial charge in [-0.05, 0) is 54.8 Å². The Balaban J connectivity index is 1.95. The lowest BCUT2D eigenvalue weighted by molar-refractivity contribution is -0.140. The van der Waals surface area contributed by atoms with Crippen LogP contribution in [-0.2, 0) is 9.53 Å². The Morgan fingerprint density at radius 3 is 2.47 bits per heavy atom. The molecule has 0 saturated carbocycles. The molecular weight excluding hydrogens is 463 g/mol. The van der Waals surface area contributed by atoms with Gasteiger partial charge < -0.3 is 14.4 Å². The maximum Gasteiger partial charge on any atom is 0.302 e. The summed E-state index contributed by atoms with van der Waals surface area (Å²) < 4.78 is 25.7. The molecule has 0 spiro atoms. The third kappa shape index (κ3) is 6.69. The fraction of sp³-hybridized carbons (Fsp3) is 0.333. The number of ether oxygens (including phenoxy) is 2. The van der Waals surface area contributed by atoms with Crippen molar-refractivity contribution in [3.8, 4) is 17.5 Å². The molecule has 0 saturated heterocycles. The Morgan fingerprint density at radius 2 is 1.86 bits per heavy atom. The van der Waals surface area contributed by atoms with Gasteiger partial charge in [-0.15, -0.1) is 0 Å². The first-order valence-corrected chi connectivity index (χ1v) is 11.4. The van der Waals surface area contributed by atoms with Crippen molar-refractivity contribution in [3.63, 3.8) is 0 Å². The van der Waals surface area contributed by atoms with Crippen LogP contribution in [0, 0.1) is 29.5 Å². The predicted octanol–water partition coefficient (Wildman–Crippen LogP) is 4.83. The lowest BCUT2D eigenvalue weighted by Gasteiger charge is -2.24. The molecule has 1 amide bonds. The van der Waals surface area contributed by atoms with Crippen LogP contribution >= 0.6 is 0 Å². The Hall–Kier alpha value is -4.19. The van der Waals surface area contributed by atoms with E-state index in [-0.39, 0.29) is 35.9 Å². The number of aryl methyl sites for hydroxylation is 1. The van der Waals surface area contributed by atoms with Crippen LogP contribution in [0.1, 0.15) is 49.3 Å². The smallest absolute Gasteiger partial charge is 0.302 e. The molecule has 0 aliphatic heterocycles. The second-order valence-electron chi connectivity index (χ2n) is 9.49. The molecule has 0 atom stereocenters. The average molecular weight is 493 g/mol. The molecule has 0 unspecified atom stereocenters. The molecule has 0 bridgehead atoms. The molecule has 188 valence electrons. The van der Waals surface area contributed by atoms with E-state index < -0.39 is 5.97 Å². The van der Waals surface area contributed by atoms with Crippen LogP contribution in [0.25, 0.3) is 5.69 Å². The summed E-state index contributed by atoms with van der Waals surface area (Å²) in [5.41, 5.74) is 2.00. The minimum absolute atomic E-state index is 0.0314. The Bertz CT molecular complexity index is 1290. The van der Waals surface area contributed by atoms with E-state index in [9.17, 15) is 19.2 Å². The van der Waals surface area contributed by atoms with E-state index in [1.807, 2.05) is 20.8 Å². The van der Waals surface area contributed by atoms with E-state index in [4.69, 9.17) is 9.47 Å². The minimum atomic E-state index is -0.466. The molecule has 3 aromatic rings. The van der Waals surface area contributed by atoms with Gasteiger partial charge in [0, 0.05) is 18.8 Å². The van der Waals surface area contributed by atoms with E-state index in [1.54, 1.807) is 43.5 Å². The Labute approximate surface area is 209 Å². The van der Waals surface area contributed by atoms with Gasteiger partial charge in [0.1, 0.15) is 24.2 Å². The summed E-state index contributed by atoms with van der Waals surface area (Å²) in [6.07, 6.45) is 1.57. The zero-order valence-corrected chi connectivity index (χ0v) is 21.0. The number of carbonyl (C=O) groups excluding carboxylic acids is 2. The fourth-order valence-corrected chi connectivity index (χ4v) is 3.36. The third-order valence-electron chi connectivity index (χ3n) is 5.14. The number of nitrogens with zero attached hydrogens (tertiary/aromatic N) is 4. The molecule has 2 aromatic carbocycles. The van der Waals surface area contributed by atoms with Crippen LogP contribution in [0.2, 0.25) is 0 Å². The van der Waals surface area contributed by atoms with Gasteiger partial charge in [-0.2, -0.15) is 10.4 Å². The van der Waals surface area contributed by atoms with E-state index in [1.165, 1.54) is 28.6 Å². The molecule has 0 radical (unpaired) electrons. The number of halogens is 1. The number of nitriles is 1. The summed E-state index contributed by atoms with van der Waals surface area (Å²) in [7, 11) is 0. The summed E-state index contributed by atoms with van der Waals surface area (Å²) >= 11 is 0. The third-order valence-corrected chi connectivity index (χ3v) is 5.14. The average Bonchev–Trinajstić information content (AvgIpc) is 3.21. The quantitative estimate of drug-likeness (QED) is 0.418. The van der Waals surface area contributed by atoms with Crippen molar-refractivity contribution in [2.75, 3.05) is 24.7 Å². The molecule has 9 heteroatoms. The molecule has 3 rings (SSSR count). The number of benzene rings is 2. The molecule has 0 aliphatic carbocycles. The van der Waals surface area contributed by atoms with E-state index in [0.717, 1.165) is 0 Å². The largest absolute Gasteiger partial charge is 0.492 e. The topological polar surface area (TPSA) is 97.5 Å². The van der Waals surface area contributed by atoms with Crippen LogP contribution < -0.4 is 9.64 Å². The fourth-order valence-electron chi connectivity index (χ4n) is 3.36. The van der Waals surface area contributed by atoms with E-state index in [0.29, 0.717) is 35.0 Å². The Morgan fingerprint density at radius 1 is 1.17 bits per heavy atom. The van der Waals surface area contributed by atoms with Gasteiger partial charge in [0.15, 0.2) is 0 Å². The first-order valence-electron chi connectivity index (χ1n) is 11.4. The van der Waals surface area contributed by atoms with Crippen LogP contribution in [0.15, 0.2) is 48.7 Å². The van der Waals surface area contributed by atoms with Gasteiger partial charge >= 0.3 is 5.97 Å². The molecule has 8 nitrogen and oxygen atoms in total. The number of amides is 1. The maximum atomic E-state index is 13.6. The van der Waals surface area contributed by atoms with Gasteiger partial charge in [-0.25, -0.2) is 9.07 Å².